The minimum Gasteiger partial charge on any atom is -0.491 e. The minimum atomic E-state index is 0.0104. The molecule has 0 aliphatic heterocycles. The molecule has 1 aromatic rings. The number of nitrogens with two attached hydrogens (primary N) is 1. The average Bonchev–Trinajstić information content (AvgIpc) is 2.15. The van der Waals surface area contributed by atoms with E-state index in [0.717, 1.165) is 15.8 Å². The second kappa shape index (κ2) is 5.21. The van der Waals surface area contributed by atoms with Gasteiger partial charge in [0.25, 0.3) is 0 Å². The molecule has 0 unspecified atom stereocenters. The van der Waals surface area contributed by atoms with Crippen molar-refractivity contribution in [3.05, 3.63) is 28.2 Å². The molecule has 0 saturated carbocycles. The van der Waals surface area contributed by atoms with Gasteiger partial charge in [-0.2, -0.15) is 0 Å². The molecule has 0 aliphatic carbocycles. The van der Waals surface area contributed by atoms with Crippen LogP contribution in [0, 0.1) is 0 Å². The number of benzene rings is 1. The fourth-order valence-electron chi connectivity index (χ4n) is 1.03. The maximum atomic E-state index is 8.59. The maximum absolute atomic E-state index is 8.59. The summed E-state index contributed by atoms with van der Waals surface area (Å²) < 4.78 is 6.23. The van der Waals surface area contributed by atoms with E-state index in [4.69, 9.17) is 15.6 Å². The standard InChI is InChI=1S/C9H12BrNO2/c10-8-2-1-3-9(7(8)6-11)13-5-4-12/h1-3,12H,4-6,11H2. The summed E-state index contributed by atoms with van der Waals surface area (Å²) in [4.78, 5) is 0. The lowest BCUT2D eigenvalue weighted by atomic mass is 10.2. The van der Waals surface area contributed by atoms with Crippen molar-refractivity contribution >= 4 is 15.9 Å². The molecule has 3 N–H and O–H groups in total. The molecule has 72 valence electrons. The van der Waals surface area contributed by atoms with Gasteiger partial charge < -0.3 is 15.6 Å². The summed E-state index contributed by atoms with van der Waals surface area (Å²) in [7, 11) is 0. The second-order valence-electron chi connectivity index (χ2n) is 2.49. The quantitative estimate of drug-likeness (QED) is 0.841. The first-order valence-corrected chi connectivity index (χ1v) is 4.80. The molecule has 0 heterocycles. The lowest BCUT2D eigenvalue weighted by Crippen LogP contribution is -2.06. The predicted octanol–water partition coefficient (Wildman–Crippen LogP) is 1.28. The fraction of sp³-hybridized carbons (Fsp3) is 0.333. The fourth-order valence-corrected chi connectivity index (χ4v) is 1.54. The van der Waals surface area contributed by atoms with Gasteiger partial charge in [0.05, 0.1) is 6.61 Å². The van der Waals surface area contributed by atoms with E-state index in [9.17, 15) is 0 Å². The van der Waals surface area contributed by atoms with E-state index >= 15 is 0 Å². The second-order valence-corrected chi connectivity index (χ2v) is 3.35. The lowest BCUT2D eigenvalue weighted by Gasteiger charge is -2.10. The zero-order chi connectivity index (χ0) is 9.68. The number of aliphatic hydroxyl groups is 1. The largest absolute Gasteiger partial charge is 0.491 e. The van der Waals surface area contributed by atoms with Crippen LogP contribution in [0.1, 0.15) is 5.56 Å². The first-order chi connectivity index (χ1) is 6.29. The van der Waals surface area contributed by atoms with Crippen LogP contribution >= 0.6 is 15.9 Å². The smallest absolute Gasteiger partial charge is 0.125 e. The van der Waals surface area contributed by atoms with Crippen molar-refractivity contribution in [2.75, 3.05) is 13.2 Å². The van der Waals surface area contributed by atoms with E-state index < -0.39 is 0 Å². The molecule has 0 spiro atoms. The molecule has 0 aromatic heterocycles. The summed E-state index contributed by atoms with van der Waals surface area (Å²) in [6.07, 6.45) is 0. The number of rotatable bonds is 4. The predicted molar refractivity (Wildman–Crippen MR) is 54.6 cm³/mol. The normalized spacial score (nSPS) is 10.1. The van der Waals surface area contributed by atoms with Crippen molar-refractivity contribution in [3.63, 3.8) is 0 Å². The Kier molecular flexibility index (Phi) is 4.21. The molecular weight excluding hydrogens is 234 g/mol. The van der Waals surface area contributed by atoms with Crippen molar-refractivity contribution in [2.24, 2.45) is 5.73 Å². The summed E-state index contributed by atoms with van der Waals surface area (Å²) in [5, 5.41) is 8.59. The van der Waals surface area contributed by atoms with Crippen LogP contribution in [-0.2, 0) is 6.54 Å². The summed E-state index contributed by atoms with van der Waals surface area (Å²) in [5.74, 6) is 0.728. The molecule has 0 saturated heterocycles. The lowest BCUT2D eigenvalue weighted by molar-refractivity contribution is 0.200. The van der Waals surface area contributed by atoms with Crippen LogP contribution < -0.4 is 10.5 Å². The van der Waals surface area contributed by atoms with Crippen molar-refractivity contribution in [3.8, 4) is 5.75 Å². The van der Waals surface area contributed by atoms with Crippen LogP contribution in [0.2, 0.25) is 0 Å². The molecule has 0 aliphatic rings. The molecule has 0 fully saturated rings. The molecule has 0 radical (unpaired) electrons. The van der Waals surface area contributed by atoms with Crippen molar-refractivity contribution in [2.45, 2.75) is 6.54 Å². The van der Waals surface area contributed by atoms with E-state index in [1.807, 2.05) is 18.2 Å². The third kappa shape index (κ3) is 2.69. The number of halogens is 1. The first kappa shape index (κ1) is 10.5. The Bertz CT molecular complexity index is 278. The zero-order valence-electron chi connectivity index (χ0n) is 7.16. The monoisotopic (exact) mass is 245 g/mol. The van der Waals surface area contributed by atoms with E-state index in [-0.39, 0.29) is 6.61 Å². The van der Waals surface area contributed by atoms with Gasteiger partial charge in [0.15, 0.2) is 0 Å². The Morgan fingerprint density at radius 3 is 2.85 bits per heavy atom. The van der Waals surface area contributed by atoms with Gasteiger partial charge in [0.1, 0.15) is 12.4 Å². The SMILES string of the molecule is NCc1c(Br)cccc1OCCO. The third-order valence-electron chi connectivity index (χ3n) is 1.63. The first-order valence-electron chi connectivity index (χ1n) is 4.00. The van der Waals surface area contributed by atoms with Crippen LogP contribution in [0.15, 0.2) is 22.7 Å². The van der Waals surface area contributed by atoms with Gasteiger partial charge in [-0.25, -0.2) is 0 Å². The number of hydrogen-bond acceptors (Lipinski definition) is 3. The third-order valence-corrected chi connectivity index (χ3v) is 2.37. The molecule has 4 heteroatoms. The Hall–Kier alpha value is -0.580. The van der Waals surface area contributed by atoms with Gasteiger partial charge in [0.2, 0.25) is 0 Å². The average molecular weight is 246 g/mol. The van der Waals surface area contributed by atoms with Crippen LogP contribution in [0.3, 0.4) is 0 Å². The minimum absolute atomic E-state index is 0.0104. The molecule has 0 atom stereocenters. The highest BCUT2D eigenvalue weighted by atomic mass is 79.9. The highest BCUT2D eigenvalue weighted by molar-refractivity contribution is 9.10. The van der Waals surface area contributed by atoms with Gasteiger partial charge in [-0.05, 0) is 12.1 Å². The molecule has 1 aromatic carbocycles. The molecule has 13 heavy (non-hydrogen) atoms. The van der Waals surface area contributed by atoms with Gasteiger partial charge in [-0.3, -0.25) is 0 Å². The summed E-state index contributed by atoms with van der Waals surface area (Å²) in [6, 6.07) is 5.62. The van der Waals surface area contributed by atoms with Crippen LogP contribution in [0.5, 0.6) is 5.75 Å². The van der Waals surface area contributed by atoms with E-state index in [1.54, 1.807) is 0 Å². The molecule has 0 bridgehead atoms. The number of aliphatic hydroxyl groups excluding tert-OH is 1. The topological polar surface area (TPSA) is 55.5 Å². The van der Waals surface area contributed by atoms with E-state index in [1.165, 1.54) is 0 Å². The Morgan fingerprint density at radius 2 is 2.23 bits per heavy atom. The molecular formula is C9H12BrNO2. The van der Waals surface area contributed by atoms with E-state index in [0.29, 0.717) is 13.2 Å². The number of ether oxygens (including phenoxy) is 1. The summed E-state index contributed by atoms with van der Waals surface area (Å²) in [6.45, 7) is 0.724. The Balaban J connectivity index is 2.85. The van der Waals surface area contributed by atoms with Gasteiger partial charge in [0, 0.05) is 16.6 Å². The van der Waals surface area contributed by atoms with Gasteiger partial charge in [-0.15, -0.1) is 0 Å². The maximum Gasteiger partial charge on any atom is 0.125 e. The summed E-state index contributed by atoms with van der Waals surface area (Å²) in [5.41, 5.74) is 6.48. The molecule has 3 nitrogen and oxygen atoms in total. The van der Waals surface area contributed by atoms with Crippen molar-refractivity contribution in [1.29, 1.82) is 0 Å². The Labute approximate surface area is 85.6 Å². The molecule has 1 rings (SSSR count). The van der Waals surface area contributed by atoms with Gasteiger partial charge in [-0.1, -0.05) is 22.0 Å². The summed E-state index contributed by atoms with van der Waals surface area (Å²) >= 11 is 3.38. The number of hydrogen-bond donors (Lipinski definition) is 2. The molecule has 0 amide bonds. The van der Waals surface area contributed by atoms with Crippen LogP contribution in [0.25, 0.3) is 0 Å². The van der Waals surface area contributed by atoms with Gasteiger partial charge >= 0.3 is 0 Å². The zero-order valence-corrected chi connectivity index (χ0v) is 8.75. The highest BCUT2D eigenvalue weighted by Gasteiger charge is 2.04. The van der Waals surface area contributed by atoms with E-state index in [2.05, 4.69) is 15.9 Å². The van der Waals surface area contributed by atoms with Crippen LogP contribution in [-0.4, -0.2) is 18.3 Å². The highest BCUT2D eigenvalue weighted by Crippen LogP contribution is 2.25. The Morgan fingerprint density at radius 1 is 1.46 bits per heavy atom. The van der Waals surface area contributed by atoms with Crippen molar-refractivity contribution in [1.82, 2.24) is 0 Å². The van der Waals surface area contributed by atoms with Crippen LogP contribution in [0.4, 0.5) is 0 Å². The van der Waals surface area contributed by atoms with Crippen molar-refractivity contribution < 1.29 is 9.84 Å².